The van der Waals surface area contributed by atoms with Crippen molar-refractivity contribution in [3.63, 3.8) is 0 Å². The zero-order valence-electron chi connectivity index (χ0n) is 12.4. The third-order valence-electron chi connectivity index (χ3n) is 4.69. The molecule has 5 heteroatoms. The van der Waals surface area contributed by atoms with Crippen molar-refractivity contribution in [3.8, 4) is 0 Å². The van der Waals surface area contributed by atoms with Gasteiger partial charge in [0.15, 0.2) is 0 Å². The summed E-state index contributed by atoms with van der Waals surface area (Å²) in [6.07, 6.45) is 3.98. The number of piperidine rings is 1. The van der Waals surface area contributed by atoms with Crippen LogP contribution in [0.2, 0.25) is 0 Å². The van der Waals surface area contributed by atoms with Crippen LogP contribution < -0.4 is 0 Å². The highest BCUT2D eigenvalue weighted by molar-refractivity contribution is 7.99. The number of benzene rings is 1. The molecule has 2 unspecified atom stereocenters. The van der Waals surface area contributed by atoms with Gasteiger partial charge >= 0.3 is 0 Å². The van der Waals surface area contributed by atoms with Crippen LogP contribution in [-0.2, 0) is 4.79 Å². The van der Waals surface area contributed by atoms with Crippen LogP contribution in [0.4, 0.5) is 0 Å². The van der Waals surface area contributed by atoms with E-state index in [1.54, 1.807) is 18.0 Å². The molecule has 1 fully saturated rings. The van der Waals surface area contributed by atoms with Crippen LogP contribution in [-0.4, -0.2) is 39.8 Å². The molecule has 4 rings (SSSR count). The number of fused-ring (bicyclic) bond motifs is 1. The van der Waals surface area contributed by atoms with E-state index in [0.717, 1.165) is 37.4 Å². The van der Waals surface area contributed by atoms with Crippen molar-refractivity contribution in [3.05, 3.63) is 47.8 Å². The number of thioether (sulfide) groups is 1. The van der Waals surface area contributed by atoms with E-state index in [-0.39, 0.29) is 5.92 Å². The molecular weight excluding hydrogens is 294 g/mol. The Labute approximate surface area is 134 Å². The zero-order valence-corrected chi connectivity index (χ0v) is 13.2. The number of H-pyrrole nitrogens is 1. The molecule has 2 aliphatic heterocycles. The molecule has 0 aliphatic carbocycles. The average Bonchev–Trinajstić information content (AvgIpc) is 3.24. The Hall–Kier alpha value is -1.75. The number of aromatic amines is 1. The Morgan fingerprint density at radius 2 is 2.23 bits per heavy atom. The van der Waals surface area contributed by atoms with Gasteiger partial charge in [0.25, 0.3) is 0 Å². The molecule has 3 heterocycles. The summed E-state index contributed by atoms with van der Waals surface area (Å²) >= 11 is 1.80. The molecule has 1 amide bonds. The summed E-state index contributed by atoms with van der Waals surface area (Å²) in [6, 6.07) is 10.3. The van der Waals surface area contributed by atoms with Crippen molar-refractivity contribution in [1.82, 2.24) is 15.1 Å². The summed E-state index contributed by atoms with van der Waals surface area (Å²) in [5.41, 5.74) is 2.36. The minimum absolute atomic E-state index is 0.0294. The maximum absolute atomic E-state index is 13.0. The van der Waals surface area contributed by atoms with E-state index in [9.17, 15) is 4.79 Å². The van der Waals surface area contributed by atoms with Gasteiger partial charge in [0.2, 0.25) is 5.91 Å². The van der Waals surface area contributed by atoms with E-state index in [4.69, 9.17) is 0 Å². The maximum Gasteiger partial charge on any atom is 0.231 e. The number of nitrogens with zero attached hydrogens (tertiary/aromatic N) is 2. The first-order valence-electron chi connectivity index (χ1n) is 7.82. The van der Waals surface area contributed by atoms with E-state index >= 15 is 0 Å². The highest BCUT2D eigenvalue weighted by Crippen LogP contribution is 2.41. The summed E-state index contributed by atoms with van der Waals surface area (Å²) in [7, 11) is 0. The number of hydrogen-bond acceptors (Lipinski definition) is 3. The van der Waals surface area contributed by atoms with Gasteiger partial charge in [-0.05, 0) is 30.5 Å². The SMILES string of the molecule is O=C(C1CSc2ccccc21)N1CCCC(c2ccn[nH]2)C1. The lowest BCUT2D eigenvalue weighted by molar-refractivity contribution is -0.133. The molecule has 4 nitrogen and oxygen atoms in total. The number of amides is 1. The van der Waals surface area contributed by atoms with Gasteiger partial charge < -0.3 is 4.90 Å². The van der Waals surface area contributed by atoms with E-state index in [2.05, 4.69) is 27.2 Å². The van der Waals surface area contributed by atoms with Crippen molar-refractivity contribution in [2.45, 2.75) is 29.6 Å². The second-order valence-electron chi connectivity index (χ2n) is 6.04. The second kappa shape index (κ2) is 5.80. The van der Waals surface area contributed by atoms with Gasteiger partial charge in [0.05, 0.1) is 5.92 Å². The molecule has 2 atom stereocenters. The predicted molar refractivity (Wildman–Crippen MR) is 87.0 cm³/mol. The molecule has 22 heavy (non-hydrogen) atoms. The average molecular weight is 313 g/mol. The number of carbonyl (C=O) groups excluding carboxylic acids is 1. The fourth-order valence-corrected chi connectivity index (χ4v) is 4.73. The normalized spacial score (nSPS) is 24.3. The Morgan fingerprint density at radius 1 is 1.32 bits per heavy atom. The first kappa shape index (κ1) is 13.9. The van der Waals surface area contributed by atoms with Crippen molar-refractivity contribution in [2.75, 3.05) is 18.8 Å². The van der Waals surface area contributed by atoms with Crippen molar-refractivity contribution in [2.24, 2.45) is 0 Å². The van der Waals surface area contributed by atoms with Crippen molar-refractivity contribution >= 4 is 17.7 Å². The van der Waals surface area contributed by atoms with Gasteiger partial charge in [-0.25, -0.2) is 0 Å². The summed E-state index contributed by atoms with van der Waals surface area (Å²) in [5, 5.41) is 7.10. The van der Waals surface area contributed by atoms with Gasteiger partial charge in [-0.2, -0.15) is 5.10 Å². The Balaban J connectivity index is 1.51. The van der Waals surface area contributed by atoms with Crippen LogP contribution in [0.25, 0.3) is 0 Å². The quantitative estimate of drug-likeness (QED) is 0.927. The second-order valence-corrected chi connectivity index (χ2v) is 7.10. The van der Waals surface area contributed by atoms with Crippen molar-refractivity contribution < 1.29 is 4.79 Å². The van der Waals surface area contributed by atoms with E-state index in [0.29, 0.717) is 11.8 Å². The molecule has 1 saturated heterocycles. The molecule has 0 bridgehead atoms. The molecule has 1 aromatic carbocycles. The number of aromatic nitrogens is 2. The lowest BCUT2D eigenvalue weighted by atomic mass is 9.92. The van der Waals surface area contributed by atoms with Gasteiger partial charge in [-0.3, -0.25) is 9.89 Å². The van der Waals surface area contributed by atoms with Gasteiger partial charge in [-0.15, -0.1) is 11.8 Å². The largest absolute Gasteiger partial charge is 0.341 e. The van der Waals surface area contributed by atoms with Gasteiger partial charge in [-0.1, -0.05) is 18.2 Å². The Bertz CT molecular complexity index is 670. The molecule has 2 aromatic rings. The molecular formula is C17H19N3OS. The number of carbonyl (C=O) groups is 1. The minimum atomic E-state index is 0.0294. The van der Waals surface area contributed by atoms with Crippen LogP contribution >= 0.6 is 11.8 Å². The Morgan fingerprint density at radius 3 is 3.09 bits per heavy atom. The number of nitrogens with one attached hydrogen (secondary N) is 1. The first-order chi connectivity index (χ1) is 10.8. The highest BCUT2D eigenvalue weighted by Gasteiger charge is 2.34. The molecule has 0 saturated carbocycles. The number of likely N-dealkylation sites (tertiary alicyclic amines) is 1. The smallest absolute Gasteiger partial charge is 0.231 e. The Kier molecular flexibility index (Phi) is 3.66. The van der Waals surface area contributed by atoms with Crippen LogP contribution in [0.15, 0.2) is 41.4 Å². The molecule has 2 aliphatic rings. The van der Waals surface area contributed by atoms with Crippen LogP contribution in [0, 0.1) is 0 Å². The topological polar surface area (TPSA) is 49.0 Å². The summed E-state index contributed by atoms with van der Waals surface area (Å²) < 4.78 is 0. The third-order valence-corrected chi connectivity index (χ3v) is 5.88. The lowest BCUT2D eigenvalue weighted by Crippen LogP contribution is -2.41. The molecule has 114 valence electrons. The maximum atomic E-state index is 13.0. The predicted octanol–water partition coefficient (Wildman–Crippen LogP) is 3.01. The van der Waals surface area contributed by atoms with E-state index in [1.165, 1.54) is 10.5 Å². The zero-order chi connectivity index (χ0) is 14.9. The number of rotatable bonds is 2. The summed E-state index contributed by atoms with van der Waals surface area (Å²) in [4.78, 5) is 16.3. The third kappa shape index (κ3) is 2.43. The van der Waals surface area contributed by atoms with E-state index < -0.39 is 0 Å². The number of hydrogen-bond donors (Lipinski definition) is 1. The van der Waals surface area contributed by atoms with Crippen LogP contribution in [0.3, 0.4) is 0 Å². The molecule has 0 spiro atoms. The van der Waals surface area contributed by atoms with Crippen molar-refractivity contribution in [1.29, 1.82) is 0 Å². The standard InChI is InChI=1S/C17H19N3OS/c21-17(14-11-22-16-6-2-1-5-13(14)16)20-9-3-4-12(10-20)15-7-8-18-19-15/h1-2,5-8,12,14H,3-4,9-11H2,(H,18,19). The summed E-state index contributed by atoms with van der Waals surface area (Å²) in [5.74, 6) is 1.59. The molecule has 1 aromatic heterocycles. The monoisotopic (exact) mass is 313 g/mol. The first-order valence-corrected chi connectivity index (χ1v) is 8.81. The summed E-state index contributed by atoms with van der Waals surface area (Å²) in [6.45, 7) is 1.69. The van der Waals surface area contributed by atoms with E-state index in [1.807, 2.05) is 18.2 Å². The minimum Gasteiger partial charge on any atom is -0.341 e. The van der Waals surface area contributed by atoms with Crippen LogP contribution in [0.5, 0.6) is 0 Å². The fourth-order valence-electron chi connectivity index (χ4n) is 3.51. The molecule has 0 radical (unpaired) electrons. The van der Waals surface area contributed by atoms with Gasteiger partial charge in [0, 0.05) is 41.5 Å². The fraction of sp³-hybridized carbons (Fsp3) is 0.412. The van der Waals surface area contributed by atoms with Crippen LogP contribution in [0.1, 0.15) is 35.9 Å². The highest BCUT2D eigenvalue weighted by atomic mass is 32.2. The van der Waals surface area contributed by atoms with Gasteiger partial charge in [0.1, 0.15) is 0 Å². The lowest BCUT2D eigenvalue weighted by Gasteiger charge is -2.34. The molecule has 1 N–H and O–H groups in total.